The van der Waals surface area contributed by atoms with E-state index in [1.807, 2.05) is 12.2 Å². The highest BCUT2D eigenvalue weighted by atomic mass is 16.5. The molecule has 0 aliphatic rings. The van der Waals surface area contributed by atoms with Crippen LogP contribution in [0.1, 0.15) is 94.3 Å². The van der Waals surface area contributed by atoms with Crippen LogP contribution >= 0.6 is 0 Å². The van der Waals surface area contributed by atoms with Crippen molar-refractivity contribution in [3.8, 4) is 5.75 Å². The van der Waals surface area contributed by atoms with Crippen molar-refractivity contribution in [1.29, 1.82) is 0 Å². The third-order valence-electron chi connectivity index (χ3n) is 4.78. The molecule has 1 rings (SSSR count). The van der Waals surface area contributed by atoms with Crippen LogP contribution in [0.4, 0.5) is 0 Å². The van der Waals surface area contributed by atoms with E-state index in [0.717, 1.165) is 12.8 Å². The third kappa shape index (κ3) is 12.7. The van der Waals surface area contributed by atoms with Gasteiger partial charge in [0, 0.05) is 6.08 Å². The second-order valence-electron chi connectivity index (χ2n) is 7.33. The van der Waals surface area contributed by atoms with Gasteiger partial charge in [-0.05, 0) is 25.0 Å². The highest BCUT2D eigenvalue weighted by Gasteiger charge is 2.11. The Bertz CT molecular complexity index is 646. The standard InChI is InChI=1S/C25H36O4/c1-2-3-4-5-6-7-8-9-10-11-12-13-14-15-16-21-24(26)29-23-20-18-17-19-22(23)25(27)28/h14-21H,2-13H2,1H3,(H,27,28)/b15-14+,21-16+. The topological polar surface area (TPSA) is 63.6 Å². The summed E-state index contributed by atoms with van der Waals surface area (Å²) in [4.78, 5) is 22.9. The highest BCUT2D eigenvalue weighted by molar-refractivity contribution is 5.93. The van der Waals surface area contributed by atoms with Gasteiger partial charge in [-0.2, -0.15) is 0 Å². The summed E-state index contributed by atoms with van der Waals surface area (Å²) < 4.78 is 5.09. The molecule has 1 N–H and O–H groups in total. The fourth-order valence-electron chi connectivity index (χ4n) is 3.11. The van der Waals surface area contributed by atoms with E-state index in [0.29, 0.717) is 0 Å². The molecule has 0 fully saturated rings. The number of aromatic carboxylic acids is 1. The van der Waals surface area contributed by atoms with Crippen LogP contribution in [0.15, 0.2) is 48.6 Å². The molecule has 0 saturated heterocycles. The van der Waals surface area contributed by atoms with Crippen molar-refractivity contribution in [2.45, 2.75) is 84.0 Å². The maximum Gasteiger partial charge on any atom is 0.339 e. The Morgan fingerprint density at radius 1 is 0.862 bits per heavy atom. The van der Waals surface area contributed by atoms with Gasteiger partial charge in [0.25, 0.3) is 0 Å². The predicted molar refractivity (Wildman–Crippen MR) is 118 cm³/mol. The summed E-state index contributed by atoms with van der Waals surface area (Å²) in [5, 5.41) is 9.07. The smallest absolute Gasteiger partial charge is 0.339 e. The van der Waals surface area contributed by atoms with Gasteiger partial charge in [0.15, 0.2) is 0 Å². The number of rotatable bonds is 16. The highest BCUT2D eigenvalue weighted by Crippen LogP contribution is 2.18. The van der Waals surface area contributed by atoms with Crippen molar-refractivity contribution < 1.29 is 19.4 Å². The first-order valence-electron chi connectivity index (χ1n) is 11.0. The van der Waals surface area contributed by atoms with Crippen LogP contribution in [0.5, 0.6) is 5.75 Å². The molecule has 0 aliphatic heterocycles. The number of carbonyl (C=O) groups excluding carboxylic acids is 1. The predicted octanol–water partition coefficient (Wildman–Crippen LogP) is 7.10. The van der Waals surface area contributed by atoms with Crippen molar-refractivity contribution in [1.82, 2.24) is 0 Å². The SMILES string of the molecule is CCCCCCCCCCCCC/C=C/C=C/C(=O)Oc1ccccc1C(=O)O. The average Bonchev–Trinajstić information content (AvgIpc) is 2.71. The minimum Gasteiger partial charge on any atom is -0.478 e. The summed E-state index contributed by atoms with van der Waals surface area (Å²) in [7, 11) is 0. The molecule has 29 heavy (non-hydrogen) atoms. The Morgan fingerprint density at radius 3 is 2.07 bits per heavy atom. The van der Waals surface area contributed by atoms with Crippen molar-refractivity contribution in [3.63, 3.8) is 0 Å². The van der Waals surface area contributed by atoms with Gasteiger partial charge >= 0.3 is 11.9 Å². The number of carboxylic acids is 1. The van der Waals surface area contributed by atoms with Crippen molar-refractivity contribution in [2.24, 2.45) is 0 Å². The number of unbranched alkanes of at least 4 members (excludes halogenated alkanes) is 11. The van der Waals surface area contributed by atoms with E-state index in [2.05, 4.69) is 6.92 Å². The van der Waals surface area contributed by atoms with Crippen LogP contribution in [-0.2, 0) is 4.79 Å². The second kappa shape index (κ2) is 16.6. The van der Waals surface area contributed by atoms with E-state index in [9.17, 15) is 9.59 Å². The fraction of sp³-hybridized carbons (Fsp3) is 0.520. The van der Waals surface area contributed by atoms with Crippen molar-refractivity contribution >= 4 is 11.9 Å². The number of esters is 1. The van der Waals surface area contributed by atoms with Crippen LogP contribution in [0, 0.1) is 0 Å². The van der Waals surface area contributed by atoms with Crippen LogP contribution < -0.4 is 4.74 Å². The number of benzene rings is 1. The summed E-state index contributed by atoms with van der Waals surface area (Å²) in [6.07, 6.45) is 22.5. The van der Waals surface area contributed by atoms with Crippen LogP contribution in [-0.4, -0.2) is 17.0 Å². The first kappa shape index (κ1) is 24.7. The Labute approximate surface area is 175 Å². The molecule has 1 aromatic carbocycles. The Morgan fingerprint density at radius 2 is 1.45 bits per heavy atom. The number of hydrogen-bond donors (Lipinski definition) is 1. The molecule has 1 aromatic rings. The monoisotopic (exact) mass is 400 g/mol. The molecule has 0 unspecified atom stereocenters. The van der Waals surface area contributed by atoms with Gasteiger partial charge in [-0.1, -0.05) is 101 Å². The summed E-state index contributed by atoms with van der Waals surface area (Å²) in [5.74, 6) is -1.65. The molecule has 0 aromatic heterocycles. The van der Waals surface area contributed by atoms with Crippen molar-refractivity contribution in [2.75, 3.05) is 0 Å². The maximum atomic E-state index is 11.8. The number of para-hydroxylation sites is 1. The lowest BCUT2D eigenvalue weighted by Crippen LogP contribution is -2.08. The molecule has 0 bridgehead atoms. The minimum atomic E-state index is -1.12. The quantitative estimate of drug-likeness (QED) is 0.106. The summed E-state index contributed by atoms with van der Waals surface area (Å²) in [5.41, 5.74) is -0.0266. The zero-order valence-corrected chi connectivity index (χ0v) is 17.8. The maximum absolute atomic E-state index is 11.8. The zero-order chi connectivity index (χ0) is 21.2. The zero-order valence-electron chi connectivity index (χ0n) is 17.8. The van der Waals surface area contributed by atoms with E-state index in [-0.39, 0.29) is 11.3 Å². The van der Waals surface area contributed by atoms with Crippen LogP contribution in [0.25, 0.3) is 0 Å². The molecule has 0 amide bonds. The molecule has 0 atom stereocenters. The Hall–Kier alpha value is -2.36. The van der Waals surface area contributed by atoms with E-state index in [1.54, 1.807) is 18.2 Å². The first-order valence-corrected chi connectivity index (χ1v) is 11.0. The number of carboxylic acid groups (broad SMARTS) is 1. The van der Waals surface area contributed by atoms with Gasteiger partial charge in [0.1, 0.15) is 11.3 Å². The Balaban J connectivity index is 2.06. The summed E-state index contributed by atoms with van der Waals surface area (Å²) >= 11 is 0. The summed E-state index contributed by atoms with van der Waals surface area (Å²) in [6.45, 7) is 2.25. The van der Waals surface area contributed by atoms with Gasteiger partial charge < -0.3 is 9.84 Å². The lowest BCUT2D eigenvalue weighted by Gasteiger charge is -2.04. The van der Waals surface area contributed by atoms with Gasteiger partial charge in [0.2, 0.25) is 0 Å². The molecular weight excluding hydrogens is 364 g/mol. The van der Waals surface area contributed by atoms with E-state index >= 15 is 0 Å². The van der Waals surface area contributed by atoms with Gasteiger partial charge in [-0.15, -0.1) is 0 Å². The second-order valence-corrected chi connectivity index (χ2v) is 7.33. The molecular formula is C25H36O4. The molecule has 4 heteroatoms. The fourth-order valence-corrected chi connectivity index (χ4v) is 3.11. The molecule has 0 heterocycles. The van der Waals surface area contributed by atoms with E-state index in [1.165, 1.54) is 82.4 Å². The molecule has 160 valence electrons. The number of ether oxygens (including phenoxy) is 1. The minimum absolute atomic E-state index is 0.0266. The third-order valence-corrected chi connectivity index (χ3v) is 4.78. The molecule has 0 saturated carbocycles. The molecule has 4 nitrogen and oxygen atoms in total. The molecule has 0 aliphatic carbocycles. The van der Waals surface area contributed by atoms with Crippen molar-refractivity contribution in [3.05, 3.63) is 54.1 Å². The largest absolute Gasteiger partial charge is 0.478 e. The van der Waals surface area contributed by atoms with Gasteiger partial charge in [0.05, 0.1) is 0 Å². The van der Waals surface area contributed by atoms with Gasteiger partial charge in [-0.25, -0.2) is 9.59 Å². The molecule has 0 radical (unpaired) electrons. The normalized spacial score (nSPS) is 11.3. The lowest BCUT2D eigenvalue weighted by molar-refractivity contribution is -0.129. The van der Waals surface area contributed by atoms with E-state index < -0.39 is 11.9 Å². The molecule has 0 spiro atoms. The summed E-state index contributed by atoms with van der Waals surface area (Å²) in [6, 6.07) is 6.10. The van der Waals surface area contributed by atoms with Crippen LogP contribution in [0.3, 0.4) is 0 Å². The lowest BCUT2D eigenvalue weighted by atomic mass is 10.1. The average molecular weight is 401 g/mol. The first-order chi connectivity index (χ1) is 14.1. The van der Waals surface area contributed by atoms with E-state index in [4.69, 9.17) is 9.84 Å². The van der Waals surface area contributed by atoms with Gasteiger partial charge in [-0.3, -0.25) is 0 Å². The number of hydrogen-bond acceptors (Lipinski definition) is 3. The Kier molecular flexibility index (Phi) is 14.1. The number of carbonyl (C=O) groups is 2. The number of allylic oxidation sites excluding steroid dienone is 3. The van der Waals surface area contributed by atoms with Crippen LogP contribution in [0.2, 0.25) is 0 Å².